The van der Waals surface area contributed by atoms with E-state index in [2.05, 4.69) is 20.9 Å². The number of fused-ring (bicyclic) bond motifs is 1. The average molecular weight is 348 g/mol. The van der Waals surface area contributed by atoms with Gasteiger partial charge in [0.2, 0.25) is 0 Å². The summed E-state index contributed by atoms with van der Waals surface area (Å²) in [6.45, 7) is 0.941. The highest BCUT2D eigenvalue weighted by Gasteiger charge is 2.34. The van der Waals surface area contributed by atoms with Crippen LogP contribution >= 0.6 is 15.9 Å². The van der Waals surface area contributed by atoms with E-state index in [-0.39, 0.29) is 11.7 Å². The van der Waals surface area contributed by atoms with Crippen molar-refractivity contribution in [3.8, 4) is 0 Å². The van der Waals surface area contributed by atoms with Crippen molar-refractivity contribution in [1.29, 1.82) is 0 Å². The number of rotatable bonds is 1. The highest BCUT2D eigenvalue weighted by molar-refractivity contribution is 9.10. The van der Waals surface area contributed by atoms with Crippen LogP contribution in [-0.4, -0.2) is 18.9 Å². The van der Waals surface area contributed by atoms with Crippen LogP contribution in [0.1, 0.15) is 11.5 Å². The second kappa shape index (κ2) is 4.84. The van der Waals surface area contributed by atoms with Crippen molar-refractivity contribution < 1.29 is 13.9 Å². The number of hydrogen-bond acceptors (Lipinski definition) is 3. The zero-order valence-corrected chi connectivity index (χ0v) is 12.6. The van der Waals surface area contributed by atoms with Crippen molar-refractivity contribution in [2.45, 2.75) is 5.92 Å². The van der Waals surface area contributed by atoms with E-state index in [1.807, 2.05) is 12.1 Å². The molecule has 21 heavy (non-hydrogen) atoms. The molecule has 0 radical (unpaired) electrons. The quantitative estimate of drug-likeness (QED) is 0.772. The standard InChI is InChI=1S/C16H11BrFNO2/c17-12-5-9(1-2-13(12)18)16-10-3-4-20-7-14(10)19-15-8-21-6-11(15)16/h1-6,16H,7-8H2/t16-/m0/s1. The van der Waals surface area contributed by atoms with Gasteiger partial charge in [0, 0.05) is 11.5 Å². The molecule has 1 atom stereocenters. The maximum absolute atomic E-state index is 13.5. The van der Waals surface area contributed by atoms with E-state index in [1.54, 1.807) is 18.6 Å². The molecule has 106 valence electrons. The molecule has 1 aromatic carbocycles. The van der Waals surface area contributed by atoms with Crippen LogP contribution in [0.2, 0.25) is 0 Å². The minimum Gasteiger partial charge on any atom is -0.495 e. The molecule has 4 rings (SSSR count). The van der Waals surface area contributed by atoms with Gasteiger partial charge >= 0.3 is 0 Å². The molecule has 0 bridgehead atoms. The largest absolute Gasteiger partial charge is 0.495 e. The van der Waals surface area contributed by atoms with Gasteiger partial charge in [-0.1, -0.05) is 6.07 Å². The van der Waals surface area contributed by atoms with Crippen molar-refractivity contribution in [3.05, 3.63) is 69.5 Å². The second-order valence-corrected chi connectivity index (χ2v) is 5.92. The Bertz CT molecular complexity index is 749. The molecule has 3 nitrogen and oxygen atoms in total. The number of hydrogen-bond donors (Lipinski definition) is 0. The molecular formula is C16H11BrFNO2. The Hall–Kier alpha value is -1.88. The summed E-state index contributed by atoms with van der Waals surface area (Å²) in [6, 6.07) is 5.10. The summed E-state index contributed by atoms with van der Waals surface area (Å²) in [6.07, 6.45) is 5.37. The monoisotopic (exact) mass is 347 g/mol. The summed E-state index contributed by atoms with van der Waals surface area (Å²) in [5, 5.41) is 0. The van der Waals surface area contributed by atoms with Gasteiger partial charge in [0.15, 0.2) is 0 Å². The lowest BCUT2D eigenvalue weighted by molar-refractivity contribution is 0.271. The van der Waals surface area contributed by atoms with Crippen LogP contribution in [0.3, 0.4) is 0 Å². The second-order valence-electron chi connectivity index (χ2n) is 5.07. The Morgan fingerprint density at radius 2 is 2.14 bits per heavy atom. The SMILES string of the molecule is Fc1ccc([C@@H]2C3=COCC3=NC3=C2C=COC3)cc1Br. The third-order valence-electron chi connectivity index (χ3n) is 3.83. The number of ether oxygens (including phenoxy) is 2. The first-order chi connectivity index (χ1) is 10.2. The van der Waals surface area contributed by atoms with E-state index in [4.69, 9.17) is 9.47 Å². The summed E-state index contributed by atoms with van der Waals surface area (Å²) < 4.78 is 24.7. The molecule has 0 amide bonds. The predicted molar refractivity (Wildman–Crippen MR) is 80.4 cm³/mol. The van der Waals surface area contributed by atoms with Gasteiger partial charge in [-0.25, -0.2) is 9.38 Å². The average Bonchev–Trinajstić information content (AvgIpc) is 2.95. The Morgan fingerprint density at radius 3 is 3.00 bits per heavy atom. The molecule has 0 saturated carbocycles. The lowest BCUT2D eigenvalue weighted by atomic mass is 9.80. The molecule has 3 aliphatic rings. The fraction of sp³-hybridized carbons (Fsp3) is 0.188. The van der Waals surface area contributed by atoms with E-state index >= 15 is 0 Å². The summed E-state index contributed by atoms with van der Waals surface area (Å²) in [4.78, 5) is 4.62. The molecule has 5 heteroatoms. The lowest BCUT2D eigenvalue weighted by Crippen LogP contribution is -2.21. The molecule has 0 aromatic heterocycles. The maximum Gasteiger partial charge on any atom is 0.137 e. The smallest absolute Gasteiger partial charge is 0.137 e. The fourth-order valence-corrected chi connectivity index (χ4v) is 3.26. The molecule has 0 spiro atoms. The minimum absolute atomic E-state index is 0.00653. The van der Waals surface area contributed by atoms with Gasteiger partial charge in [-0.2, -0.15) is 0 Å². The number of nitrogens with zero attached hydrogens (tertiary/aromatic N) is 1. The Labute approximate surface area is 129 Å². The normalized spacial score (nSPS) is 22.9. The van der Waals surface area contributed by atoms with Gasteiger partial charge in [0.25, 0.3) is 0 Å². The van der Waals surface area contributed by atoms with Crippen LogP contribution in [0.5, 0.6) is 0 Å². The van der Waals surface area contributed by atoms with Crippen molar-refractivity contribution >= 4 is 21.6 Å². The first-order valence-corrected chi connectivity index (χ1v) is 7.39. The van der Waals surface area contributed by atoms with Crippen molar-refractivity contribution in [3.63, 3.8) is 0 Å². The molecule has 0 saturated heterocycles. The van der Waals surface area contributed by atoms with Crippen LogP contribution in [0.25, 0.3) is 0 Å². The topological polar surface area (TPSA) is 30.8 Å². The fourth-order valence-electron chi connectivity index (χ4n) is 2.86. The van der Waals surface area contributed by atoms with Crippen LogP contribution < -0.4 is 0 Å². The first kappa shape index (κ1) is 12.8. The van der Waals surface area contributed by atoms with Crippen molar-refractivity contribution in [2.24, 2.45) is 4.99 Å². The van der Waals surface area contributed by atoms with Gasteiger partial charge in [-0.15, -0.1) is 0 Å². The van der Waals surface area contributed by atoms with Gasteiger partial charge < -0.3 is 9.47 Å². The van der Waals surface area contributed by atoms with Gasteiger partial charge in [-0.05, 0) is 45.3 Å². The van der Waals surface area contributed by atoms with Crippen LogP contribution in [0.4, 0.5) is 4.39 Å². The van der Waals surface area contributed by atoms with E-state index in [0.29, 0.717) is 17.7 Å². The van der Waals surface area contributed by atoms with Gasteiger partial charge in [0.05, 0.1) is 28.4 Å². The molecule has 0 aliphatic carbocycles. The first-order valence-electron chi connectivity index (χ1n) is 6.60. The van der Waals surface area contributed by atoms with Crippen LogP contribution in [-0.2, 0) is 9.47 Å². The molecule has 0 fully saturated rings. The molecule has 0 N–H and O–H groups in total. The van der Waals surface area contributed by atoms with Gasteiger partial charge in [0.1, 0.15) is 19.0 Å². The van der Waals surface area contributed by atoms with Crippen molar-refractivity contribution in [2.75, 3.05) is 13.2 Å². The summed E-state index contributed by atoms with van der Waals surface area (Å²) in [7, 11) is 0. The van der Waals surface area contributed by atoms with Gasteiger partial charge in [-0.3, -0.25) is 0 Å². The van der Waals surface area contributed by atoms with E-state index in [9.17, 15) is 4.39 Å². The summed E-state index contributed by atoms with van der Waals surface area (Å²) in [5.41, 5.74) is 4.98. The van der Waals surface area contributed by atoms with Crippen LogP contribution in [0.15, 0.2) is 63.1 Å². The Kier molecular flexibility index (Phi) is 2.96. The predicted octanol–water partition coefficient (Wildman–Crippen LogP) is 3.84. The molecule has 0 unspecified atom stereocenters. The van der Waals surface area contributed by atoms with E-state index < -0.39 is 0 Å². The Balaban J connectivity index is 1.88. The third-order valence-corrected chi connectivity index (χ3v) is 4.44. The zero-order valence-electron chi connectivity index (χ0n) is 11.0. The highest BCUT2D eigenvalue weighted by atomic mass is 79.9. The maximum atomic E-state index is 13.5. The van der Waals surface area contributed by atoms with Crippen LogP contribution in [0, 0.1) is 5.82 Å². The highest BCUT2D eigenvalue weighted by Crippen LogP contribution is 2.42. The zero-order chi connectivity index (χ0) is 14.4. The lowest BCUT2D eigenvalue weighted by Gasteiger charge is -2.28. The molecule has 3 aliphatic heterocycles. The molecule has 3 heterocycles. The number of benzene rings is 1. The molecule has 1 aromatic rings. The summed E-state index contributed by atoms with van der Waals surface area (Å²) in [5.74, 6) is -0.260. The van der Waals surface area contributed by atoms with E-state index in [1.165, 1.54) is 6.07 Å². The number of aliphatic imine (C=N–C) groups is 1. The van der Waals surface area contributed by atoms with E-state index in [0.717, 1.165) is 28.1 Å². The Morgan fingerprint density at radius 1 is 1.24 bits per heavy atom. The number of allylic oxidation sites excluding steroid dienone is 2. The third kappa shape index (κ3) is 2.03. The minimum atomic E-state index is -0.267. The summed E-state index contributed by atoms with van der Waals surface area (Å²) >= 11 is 3.26. The molecular weight excluding hydrogens is 337 g/mol. The van der Waals surface area contributed by atoms with Crippen molar-refractivity contribution in [1.82, 2.24) is 0 Å². The number of halogens is 2.